The average Bonchev–Trinajstić information content (AvgIpc) is 3.28. The highest BCUT2D eigenvalue weighted by molar-refractivity contribution is 6.03. The molecule has 3 aromatic carbocycles. The smallest absolute Gasteiger partial charge is 0.258 e. The van der Waals surface area contributed by atoms with E-state index < -0.39 is 0 Å². The normalized spacial score (nSPS) is 11.3. The molecule has 2 aromatic heterocycles. The number of nitriles is 1. The summed E-state index contributed by atoms with van der Waals surface area (Å²) in [5.41, 5.74) is 4.66. The third-order valence-electron chi connectivity index (χ3n) is 5.49. The molecule has 5 aromatic rings. The number of aromatic amines is 2. The molecule has 0 aliphatic carbocycles. The standard InChI is InChI=1S/C26H18N4O2/c27-11-9-16-1-5-20(6-2-16)29-15-23-22-14-18(3-7-21(22)25(31)30-26(23)32)17-4-8-24-19(13-17)10-12-28-24/h1-8,10,12-15,28H,9H2,(H2,30,31,32). The van der Waals surface area contributed by atoms with Gasteiger partial charge in [-0.25, -0.2) is 0 Å². The Bertz CT molecular complexity index is 1590. The number of pyridine rings is 1. The molecule has 154 valence electrons. The Morgan fingerprint density at radius 1 is 0.969 bits per heavy atom. The highest BCUT2D eigenvalue weighted by Gasteiger charge is 2.11. The molecule has 2 heterocycles. The largest absolute Gasteiger partial charge is 0.494 e. The van der Waals surface area contributed by atoms with Crippen molar-refractivity contribution < 1.29 is 5.11 Å². The van der Waals surface area contributed by atoms with E-state index in [4.69, 9.17) is 5.26 Å². The Balaban J connectivity index is 1.60. The lowest BCUT2D eigenvalue weighted by Crippen LogP contribution is -2.08. The van der Waals surface area contributed by atoms with Crippen LogP contribution in [0.2, 0.25) is 0 Å². The van der Waals surface area contributed by atoms with Crippen LogP contribution in [0.3, 0.4) is 0 Å². The molecule has 0 aliphatic rings. The summed E-state index contributed by atoms with van der Waals surface area (Å²) in [6, 6.07) is 23.1. The zero-order chi connectivity index (χ0) is 22.1. The van der Waals surface area contributed by atoms with Crippen LogP contribution in [-0.4, -0.2) is 21.3 Å². The number of rotatable bonds is 4. The van der Waals surface area contributed by atoms with Gasteiger partial charge in [0.25, 0.3) is 5.56 Å². The topological polar surface area (TPSA) is 105 Å². The Morgan fingerprint density at radius 3 is 2.56 bits per heavy atom. The van der Waals surface area contributed by atoms with Gasteiger partial charge in [-0.1, -0.05) is 24.3 Å². The minimum absolute atomic E-state index is 0.231. The van der Waals surface area contributed by atoms with Crippen molar-refractivity contribution in [1.29, 1.82) is 5.26 Å². The first-order chi connectivity index (χ1) is 15.6. The molecule has 0 bridgehead atoms. The van der Waals surface area contributed by atoms with E-state index in [1.807, 2.05) is 60.8 Å². The summed E-state index contributed by atoms with van der Waals surface area (Å²) in [6.45, 7) is 0. The number of hydrogen-bond donors (Lipinski definition) is 3. The Kier molecular flexibility index (Phi) is 4.77. The van der Waals surface area contributed by atoms with Crippen molar-refractivity contribution >= 4 is 33.6 Å². The van der Waals surface area contributed by atoms with E-state index in [1.54, 1.807) is 12.3 Å². The van der Waals surface area contributed by atoms with E-state index in [1.165, 1.54) is 0 Å². The summed E-state index contributed by atoms with van der Waals surface area (Å²) in [5, 5.41) is 21.5. The minimum atomic E-state index is -0.358. The van der Waals surface area contributed by atoms with Crippen LogP contribution >= 0.6 is 0 Å². The first kappa shape index (κ1) is 19.3. The molecule has 0 unspecified atom stereocenters. The van der Waals surface area contributed by atoms with Crippen LogP contribution in [0.1, 0.15) is 11.1 Å². The number of aliphatic imine (C=N–C) groups is 1. The van der Waals surface area contributed by atoms with Crippen LogP contribution in [0, 0.1) is 11.3 Å². The molecular formula is C26H18N4O2. The maximum atomic E-state index is 12.4. The van der Waals surface area contributed by atoms with E-state index in [0.29, 0.717) is 28.4 Å². The second-order valence-corrected chi connectivity index (χ2v) is 7.52. The molecular weight excluding hydrogens is 400 g/mol. The number of hydrogen-bond acceptors (Lipinski definition) is 4. The van der Waals surface area contributed by atoms with Gasteiger partial charge in [-0.3, -0.25) is 14.8 Å². The van der Waals surface area contributed by atoms with E-state index >= 15 is 0 Å². The lowest BCUT2D eigenvalue weighted by atomic mass is 9.99. The van der Waals surface area contributed by atoms with E-state index in [9.17, 15) is 9.90 Å². The molecule has 0 saturated heterocycles. The number of nitrogens with zero attached hydrogens (tertiary/aromatic N) is 2. The van der Waals surface area contributed by atoms with Gasteiger partial charge in [0.1, 0.15) is 0 Å². The van der Waals surface area contributed by atoms with E-state index in [2.05, 4.69) is 27.1 Å². The van der Waals surface area contributed by atoms with E-state index in [0.717, 1.165) is 27.6 Å². The van der Waals surface area contributed by atoms with Crippen molar-refractivity contribution in [3.8, 4) is 23.1 Å². The second-order valence-electron chi connectivity index (χ2n) is 7.52. The number of H-pyrrole nitrogens is 2. The maximum absolute atomic E-state index is 12.4. The molecule has 0 spiro atoms. The monoisotopic (exact) mass is 418 g/mol. The van der Waals surface area contributed by atoms with Crippen LogP contribution in [0.5, 0.6) is 5.88 Å². The van der Waals surface area contributed by atoms with Gasteiger partial charge in [0.05, 0.1) is 23.7 Å². The third kappa shape index (κ3) is 3.53. The summed E-state index contributed by atoms with van der Waals surface area (Å²) < 4.78 is 0. The zero-order valence-electron chi connectivity index (χ0n) is 17.0. The van der Waals surface area contributed by atoms with Gasteiger partial charge in [0.15, 0.2) is 0 Å². The van der Waals surface area contributed by atoms with Gasteiger partial charge in [0.2, 0.25) is 5.88 Å². The number of nitrogens with one attached hydrogen (secondary N) is 2. The summed E-state index contributed by atoms with van der Waals surface area (Å²) in [4.78, 5) is 22.6. The third-order valence-corrected chi connectivity index (χ3v) is 5.49. The Hall–Kier alpha value is -4.63. The minimum Gasteiger partial charge on any atom is -0.494 e. The second kappa shape index (κ2) is 7.89. The Morgan fingerprint density at radius 2 is 1.75 bits per heavy atom. The van der Waals surface area contributed by atoms with Crippen LogP contribution in [0.15, 0.2) is 82.7 Å². The van der Waals surface area contributed by atoms with Gasteiger partial charge in [0, 0.05) is 28.7 Å². The van der Waals surface area contributed by atoms with Crippen LogP contribution in [0.4, 0.5) is 5.69 Å². The highest BCUT2D eigenvalue weighted by Crippen LogP contribution is 2.29. The fraction of sp³-hybridized carbons (Fsp3) is 0.0385. The molecule has 5 rings (SSSR count). The van der Waals surface area contributed by atoms with Gasteiger partial charge in [-0.05, 0) is 64.5 Å². The molecule has 32 heavy (non-hydrogen) atoms. The van der Waals surface area contributed by atoms with Gasteiger partial charge in [-0.2, -0.15) is 5.26 Å². The predicted molar refractivity (Wildman–Crippen MR) is 127 cm³/mol. The lowest BCUT2D eigenvalue weighted by molar-refractivity contribution is 0.452. The predicted octanol–water partition coefficient (Wildman–Crippen LogP) is 5.20. The Labute approximate surface area is 183 Å². The molecule has 0 fully saturated rings. The summed E-state index contributed by atoms with van der Waals surface area (Å²) in [6.07, 6.45) is 3.78. The van der Waals surface area contributed by atoms with Crippen molar-refractivity contribution in [3.05, 3.63) is 94.4 Å². The highest BCUT2D eigenvalue weighted by atomic mass is 16.3. The molecule has 6 nitrogen and oxygen atoms in total. The molecule has 3 N–H and O–H groups in total. The summed E-state index contributed by atoms with van der Waals surface area (Å²) in [5.74, 6) is -0.231. The van der Waals surface area contributed by atoms with Crippen molar-refractivity contribution in [3.63, 3.8) is 0 Å². The van der Waals surface area contributed by atoms with Gasteiger partial charge >= 0.3 is 0 Å². The quantitative estimate of drug-likeness (QED) is 0.349. The van der Waals surface area contributed by atoms with Crippen LogP contribution in [-0.2, 0) is 6.42 Å². The first-order valence-corrected chi connectivity index (χ1v) is 10.1. The molecule has 6 heteroatoms. The van der Waals surface area contributed by atoms with Gasteiger partial charge in [-0.15, -0.1) is 0 Å². The maximum Gasteiger partial charge on any atom is 0.258 e. The summed E-state index contributed by atoms with van der Waals surface area (Å²) >= 11 is 0. The lowest BCUT2D eigenvalue weighted by Gasteiger charge is -2.08. The molecule has 0 aliphatic heterocycles. The van der Waals surface area contributed by atoms with Crippen molar-refractivity contribution in [1.82, 2.24) is 9.97 Å². The van der Waals surface area contributed by atoms with Gasteiger partial charge < -0.3 is 10.1 Å². The summed E-state index contributed by atoms with van der Waals surface area (Å²) in [7, 11) is 0. The molecule has 0 atom stereocenters. The average molecular weight is 418 g/mol. The number of benzene rings is 3. The fourth-order valence-corrected chi connectivity index (χ4v) is 3.81. The zero-order valence-corrected chi connectivity index (χ0v) is 17.0. The SMILES string of the molecule is N#CCc1ccc(N=Cc2c(O)[nH]c(=O)c3ccc(-c4ccc5[nH]ccc5c4)cc23)cc1. The molecule has 0 amide bonds. The van der Waals surface area contributed by atoms with Crippen molar-refractivity contribution in [2.24, 2.45) is 4.99 Å². The number of aromatic hydroxyl groups is 1. The fourth-order valence-electron chi connectivity index (χ4n) is 3.81. The van der Waals surface area contributed by atoms with Crippen molar-refractivity contribution in [2.75, 3.05) is 0 Å². The molecule has 0 saturated carbocycles. The van der Waals surface area contributed by atoms with Crippen LogP contribution in [0.25, 0.3) is 32.8 Å². The van der Waals surface area contributed by atoms with Crippen molar-refractivity contribution in [2.45, 2.75) is 6.42 Å². The number of aromatic nitrogens is 2. The first-order valence-electron chi connectivity index (χ1n) is 10.1. The van der Waals surface area contributed by atoms with E-state index in [-0.39, 0.29) is 11.4 Å². The van der Waals surface area contributed by atoms with Crippen LogP contribution < -0.4 is 5.56 Å². The molecule has 0 radical (unpaired) electrons. The number of fused-ring (bicyclic) bond motifs is 2.